The van der Waals surface area contributed by atoms with E-state index in [0.717, 1.165) is 19.4 Å². The van der Waals surface area contributed by atoms with E-state index >= 15 is 0 Å². The molecule has 1 rings (SSSR count). The third kappa shape index (κ3) is 2.44. The summed E-state index contributed by atoms with van der Waals surface area (Å²) in [5.41, 5.74) is -0.149. The van der Waals surface area contributed by atoms with Crippen molar-refractivity contribution in [3.8, 4) is 0 Å². The lowest BCUT2D eigenvalue weighted by molar-refractivity contribution is -0.216. The fourth-order valence-corrected chi connectivity index (χ4v) is 1.27. The fourth-order valence-electron chi connectivity index (χ4n) is 1.27. The first-order valence-electron chi connectivity index (χ1n) is 4.65. The van der Waals surface area contributed by atoms with Crippen molar-refractivity contribution in [3.63, 3.8) is 0 Å². The van der Waals surface area contributed by atoms with Gasteiger partial charge >= 0.3 is 0 Å². The van der Waals surface area contributed by atoms with Gasteiger partial charge in [-0.25, -0.2) is 0 Å². The summed E-state index contributed by atoms with van der Waals surface area (Å²) < 4.78 is 10.7. The maximum atomic E-state index is 8.79. The van der Waals surface area contributed by atoms with Crippen LogP contribution in [0.25, 0.3) is 0 Å². The molecule has 0 aromatic heterocycles. The molecule has 0 amide bonds. The average molecular weight is 174 g/mol. The van der Waals surface area contributed by atoms with Gasteiger partial charge in [-0.2, -0.15) is 0 Å². The van der Waals surface area contributed by atoms with Crippen LogP contribution in [0, 0.1) is 0 Å². The Morgan fingerprint density at radius 2 is 2.25 bits per heavy atom. The highest BCUT2D eigenvalue weighted by molar-refractivity contribution is 4.87. The lowest BCUT2D eigenvalue weighted by atomic mass is 9.98. The van der Waals surface area contributed by atoms with Crippen LogP contribution in [-0.4, -0.2) is 37.1 Å². The van der Waals surface area contributed by atoms with Crippen molar-refractivity contribution < 1.29 is 14.6 Å². The first-order chi connectivity index (χ1) is 5.83. The third-order valence-corrected chi connectivity index (χ3v) is 2.20. The molecule has 3 nitrogen and oxygen atoms in total. The largest absolute Gasteiger partial charge is 0.396 e. The molecule has 0 saturated carbocycles. The number of rotatable bonds is 6. The van der Waals surface area contributed by atoms with Crippen LogP contribution >= 0.6 is 0 Å². The topological polar surface area (TPSA) is 38.7 Å². The molecule has 0 spiro atoms. The molecular formula is C9H18O3. The molecule has 0 aliphatic carbocycles. The highest BCUT2D eigenvalue weighted by Crippen LogP contribution is 2.25. The Kier molecular flexibility index (Phi) is 3.98. The highest BCUT2D eigenvalue weighted by Gasteiger charge is 2.38. The zero-order chi connectivity index (χ0) is 8.86. The molecule has 1 aliphatic rings. The molecule has 0 unspecified atom stereocenters. The lowest BCUT2D eigenvalue weighted by Crippen LogP contribution is -2.52. The molecule has 3 heteroatoms. The normalized spacial score (nSPS) is 20.5. The van der Waals surface area contributed by atoms with E-state index in [1.807, 2.05) is 0 Å². The molecule has 72 valence electrons. The van der Waals surface area contributed by atoms with Crippen molar-refractivity contribution in [2.45, 2.75) is 31.8 Å². The predicted molar refractivity (Wildman–Crippen MR) is 46.1 cm³/mol. The van der Waals surface area contributed by atoms with Crippen LogP contribution in [0.4, 0.5) is 0 Å². The van der Waals surface area contributed by atoms with E-state index in [0.29, 0.717) is 19.6 Å². The van der Waals surface area contributed by atoms with Crippen molar-refractivity contribution in [1.29, 1.82) is 0 Å². The van der Waals surface area contributed by atoms with E-state index in [9.17, 15) is 0 Å². The van der Waals surface area contributed by atoms with Crippen molar-refractivity contribution in [3.05, 3.63) is 0 Å². The first-order valence-corrected chi connectivity index (χ1v) is 4.65. The Balaban J connectivity index is 2.15. The van der Waals surface area contributed by atoms with E-state index in [2.05, 4.69) is 6.92 Å². The van der Waals surface area contributed by atoms with Crippen LogP contribution in [-0.2, 0) is 9.47 Å². The van der Waals surface area contributed by atoms with Crippen LogP contribution in [0.15, 0.2) is 0 Å². The second kappa shape index (κ2) is 4.80. The maximum Gasteiger partial charge on any atom is 0.117 e. The van der Waals surface area contributed by atoms with Crippen molar-refractivity contribution in [2.75, 3.05) is 26.4 Å². The van der Waals surface area contributed by atoms with Crippen LogP contribution in [0.3, 0.4) is 0 Å². The van der Waals surface area contributed by atoms with Gasteiger partial charge in [-0.1, -0.05) is 13.3 Å². The molecule has 1 fully saturated rings. The van der Waals surface area contributed by atoms with E-state index in [-0.39, 0.29) is 12.2 Å². The second-order valence-corrected chi connectivity index (χ2v) is 3.35. The summed E-state index contributed by atoms with van der Waals surface area (Å²) in [7, 11) is 0. The summed E-state index contributed by atoms with van der Waals surface area (Å²) in [6.45, 7) is 4.42. The molecule has 0 aromatic rings. The SMILES string of the molecule is CCCCOC1(CCO)COC1. The Labute approximate surface area is 73.7 Å². The van der Waals surface area contributed by atoms with Crippen molar-refractivity contribution >= 4 is 0 Å². The molecule has 0 bridgehead atoms. The number of hydrogen-bond acceptors (Lipinski definition) is 3. The van der Waals surface area contributed by atoms with Gasteiger partial charge in [0.1, 0.15) is 5.60 Å². The van der Waals surface area contributed by atoms with E-state index < -0.39 is 0 Å². The van der Waals surface area contributed by atoms with E-state index in [1.54, 1.807) is 0 Å². The minimum absolute atomic E-state index is 0.149. The number of hydrogen-bond donors (Lipinski definition) is 1. The first kappa shape index (κ1) is 9.96. The summed E-state index contributed by atoms with van der Waals surface area (Å²) in [5.74, 6) is 0. The van der Waals surface area contributed by atoms with Crippen LogP contribution < -0.4 is 0 Å². The number of ether oxygens (including phenoxy) is 2. The molecule has 1 saturated heterocycles. The third-order valence-electron chi connectivity index (χ3n) is 2.20. The van der Waals surface area contributed by atoms with E-state index in [1.165, 1.54) is 0 Å². The van der Waals surface area contributed by atoms with Gasteiger partial charge in [-0.05, 0) is 6.42 Å². The zero-order valence-corrected chi connectivity index (χ0v) is 7.71. The summed E-state index contributed by atoms with van der Waals surface area (Å²) in [6.07, 6.45) is 2.94. The molecule has 1 N–H and O–H groups in total. The van der Waals surface area contributed by atoms with Crippen LogP contribution in [0.1, 0.15) is 26.2 Å². The smallest absolute Gasteiger partial charge is 0.117 e. The Morgan fingerprint density at radius 1 is 1.50 bits per heavy atom. The minimum Gasteiger partial charge on any atom is -0.396 e. The number of aliphatic hydroxyl groups is 1. The van der Waals surface area contributed by atoms with Gasteiger partial charge in [0, 0.05) is 19.6 Å². The predicted octanol–water partition coefficient (Wildman–Crippen LogP) is 0.954. The van der Waals surface area contributed by atoms with Gasteiger partial charge in [0.15, 0.2) is 0 Å². The highest BCUT2D eigenvalue weighted by atomic mass is 16.6. The van der Waals surface area contributed by atoms with Gasteiger partial charge in [-0.3, -0.25) is 0 Å². The van der Waals surface area contributed by atoms with Gasteiger partial charge in [-0.15, -0.1) is 0 Å². The summed E-state index contributed by atoms with van der Waals surface area (Å²) >= 11 is 0. The minimum atomic E-state index is -0.149. The van der Waals surface area contributed by atoms with Gasteiger partial charge < -0.3 is 14.6 Å². The van der Waals surface area contributed by atoms with Crippen LogP contribution in [0.2, 0.25) is 0 Å². The van der Waals surface area contributed by atoms with Crippen molar-refractivity contribution in [1.82, 2.24) is 0 Å². The molecule has 1 heterocycles. The van der Waals surface area contributed by atoms with Crippen molar-refractivity contribution in [2.24, 2.45) is 0 Å². The van der Waals surface area contributed by atoms with E-state index in [4.69, 9.17) is 14.6 Å². The summed E-state index contributed by atoms with van der Waals surface area (Å²) in [6, 6.07) is 0. The molecular weight excluding hydrogens is 156 g/mol. The quantitative estimate of drug-likeness (QED) is 0.609. The zero-order valence-electron chi connectivity index (χ0n) is 7.71. The monoisotopic (exact) mass is 174 g/mol. The maximum absolute atomic E-state index is 8.79. The van der Waals surface area contributed by atoms with Crippen LogP contribution in [0.5, 0.6) is 0 Å². The molecule has 0 radical (unpaired) electrons. The Hall–Kier alpha value is -0.120. The summed E-state index contributed by atoms with van der Waals surface area (Å²) in [5, 5.41) is 8.79. The number of unbranched alkanes of at least 4 members (excludes halogenated alkanes) is 1. The summed E-state index contributed by atoms with van der Waals surface area (Å²) in [4.78, 5) is 0. The fraction of sp³-hybridized carbons (Fsp3) is 1.00. The molecule has 0 atom stereocenters. The number of aliphatic hydroxyl groups excluding tert-OH is 1. The molecule has 12 heavy (non-hydrogen) atoms. The van der Waals surface area contributed by atoms with Gasteiger partial charge in [0.05, 0.1) is 13.2 Å². The Bertz CT molecular complexity index is 121. The molecule has 0 aromatic carbocycles. The van der Waals surface area contributed by atoms with Gasteiger partial charge in [0.25, 0.3) is 0 Å². The Morgan fingerprint density at radius 3 is 2.67 bits per heavy atom. The molecule has 1 aliphatic heterocycles. The lowest BCUT2D eigenvalue weighted by Gasteiger charge is -2.40. The van der Waals surface area contributed by atoms with Gasteiger partial charge in [0.2, 0.25) is 0 Å². The average Bonchev–Trinajstić information content (AvgIpc) is 2.00. The second-order valence-electron chi connectivity index (χ2n) is 3.35. The standard InChI is InChI=1S/C9H18O3/c1-2-3-6-12-9(4-5-10)7-11-8-9/h10H,2-8H2,1H3.